The molecule has 2 N–H and O–H groups in total. The van der Waals surface area contributed by atoms with E-state index in [-0.39, 0.29) is 30.9 Å². The van der Waals surface area contributed by atoms with Crippen LogP contribution in [0, 0.1) is 5.92 Å². The van der Waals surface area contributed by atoms with Gasteiger partial charge in [-0.25, -0.2) is 8.42 Å². The first-order valence-corrected chi connectivity index (χ1v) is 8.44. The molecule has 2 aliphatic rings. The van der Waals surface area contributed by atoms with Crippen molar-refractivity contribution in [3.63, 3.8) is 0 Å². The number of ether oxygens (including phenoxy) is 1. The van der Waals surface area contributed by atoms with E-state index in [0.29, 0.717) is 12.5 Å². The number of nitrogens with zero attached hydrogens (tertiary/aromatic N) is 1. The second-order valence-corrected chi connectivity index (χ2v) is 7.47. The lowest BCUT2D eigenvalue weighted by molar-refractivity contribution is -0.142. The number of esters is 1. The first-order chi connectivity index (χ1) is 8.92. The van der Waals surface area contributed by atoms with E-state index in [4.69, 9.17) is 10.5 Å². The molecule has 1 aliphatic heterocycles. The van der Waals surface area contributed by atoms with E-state index in [1.54, 1.807) is 11.2 Å². The summed E-state index contributed by atoms with van der Waals surface area (Å²) in [5.74, 6) is -0.235. The highest BCUT2D eigenvalue weighted by molar-refractivity contribution is 7.89. The highest BCUT2D eigenvalue weighted by Crippen LogP contribution is 2.36. The molecule has 0 aromatic rings. The fraction of sp³-hybridized carbons (Fsp3) is 0.917. The second-order valence-electron chi connectivity index (χ2n) is 5.43. The summed E-state index contributed by atoms with van der Waals surface area (Å²) in [6.45, 7) is 2.54. The number of sulfonamides is 1. The van der Waals surface area contributed by atoms with E-state index < -0.39 is 16.0 Å². The zero-order valence-electron chi connectivity index (χ0n) is 11.2. The third-order valence-corrected chi connectivity index (χ3v) is 5.77. The summed E-state index contributed by atoms with van der Waals surface area (Å²) < 4.78 is 30.9. The molecule has 2 bridgehead atoms. The highest BCUT2D eigenvalue weighted by Gasteiger charge is 2.43. The van der Waals surface area contributed by atoms with E-state index in [1.807, 2.05) is 0 Å². The van der Waals surface area contributed by atoms with Crippen molar-refractivity contribution >= 4 is 16.0 Å². The number of rotatable bonds is 5. The number of hydrogen-bond acceptors (Lipinski definition) is 5. The molecule has 0 aromatic carbocycles. The summed E-state index contributed by atoms with van der Waals surface area (Å²) in [7, 11) is -3.37. The van der Waals surface area contributed by atoms with Crippen molar-refractivity contribution < 1.29 is 17.9 Å². The molecule has 0 radical (unpaired) electrons. The minimum atomic E-state index is -3.37. The van der Waals surface area contributed by atoms with Gasteiger partial charge in [0.05, 0.1) is 18.8 Å². The van der Waals surface area contributed by atoms with Crippen molar-refractivity contribution in [2.24, 2.45) is 11.7 Å². The van der Waals surface area contributed by atoms with Gasteiger partial charge in [0.1, 0.15) is 0 Å². The minimum Gasteiger partial charge on any atom is -0.466 e. The van der Waals surface area contributed by atoms with Crippen LogP contribution in [0.1, 0.15) is 32.6 Å². The SMILES string of the molecule is CCOC(=O)CCS(=O)(=O)N1CC2CC(N)CC1C2. The highest BCUT2D eigenvalue weighted by atomic mass is 32.2. The van der Waals surface area contributed by atoms with Crippen LogP contribution < -0.4 is 5.73 Å². The largest absolute Gasteiger partial charge is 0.466 e. The molecule has 0 spiro atoms. The van der Waals surface area contributed by atoms with Gasteiger partial charge < -0.3 is 10.5 Å². The van der Waals surface area contributed by atoms with Gasteiger partial charge >= 0.3 is 5.97 Å². The van der Waals surface area contributed by atoms with Crippen LogP contribution in [0.2, 0.25) is 0 Å². The van der Waals surface area contributed by atoms with Crippen LogP contribution in [0.5, 0.6) is 0 Å². The van der Waals surface area contributed by atoms with E-state index in [9.17, 15) is 13.2 Å². The van der Waals surface area contributed by atoms with Crippen molar-refractivity contribution in [1.82, 2.24) is 4.31 Å². The first-order valence-electron chi connectivity index (χ1n) is 6.83. The molecule has 0 aromatic heterocycles. The third-order valence-electron chi connectivity index (χ3n) is 3.89. The Kier molecular flexibility index (Phi) is 4.47. The van der Waals surface area contributed by atoms with Crippen molar-refractivity contribution in [2.75, 3.05) is 18.9 Å². The molecule has 6 nitrogen and oxygen atoms in total. The summed E-state index contributed by atoms with van der Waals surface area (Å²) >= 11 is 0. The van der Waals surface area contributed by atoms with Gasteiger partial charge in [-0.1, -0.05) is 0 Å². The molecule has 1 aliphatic carbocycles. The number of carbonyl (C=O) groups is 1. The Morgan fingerprint density at radius 3 is 2.79 bits per heavy atom. The summed E-state index contributed by atoms with van der Waals surface area (Å²) in [6.07, 6.45) is 2.47. The second kappa shape index (κ2) is 5.76. The lowest BCUT2D eigenvalue weighted by Gasteiger charge is -2.26. The van der Waals surface area contributed by atoms with Crippen molar-refractivity contribution in [3.8, 4) is 0 Å². The molecule has 3 atom stereocenters. The predicted octanol–water partition coefficient (Wildman–Crippen LogP) is 0.0810. The maximum absolute atomic E-state index is 12.3. The van der Waals surface area contributed by atoms with Crippen LogP contribution in [-0.4, -0.2) is 49.7 Å². The Labute approximate surface area is 114 Å². The van der Waals surface area contributed by atoms with E-state index in [0.717, 1.165) is 19.3 Å². The monoisotopic (exact) mass is 290 g/mol. The molecule has 19 heavy (non-hydrogen) atoms. The van der Waals surface area contributed by atoms with Gasteiger partial charge in [0.2, 0.25) is 10.0 Å². The average molecular weight is 290 g/mol. The Hall–Kier alpha value is -0.660. The topological polar surface area (TPSA) is 89.7 Å². The Balaban J connectivity index is 1.95. The van der Waals surface area contributed by atoms with Crippen LogP contribution >= 0.6 is 0 Å². The summed E-state index contributed by atoms with van der Waals surface area (Å²) in [6, 6.07) is 0.134. The maximum atomic E-state index is 12.3. The quantitative estimate of drug-likeness (QED) is 0.724. The summed E-state index contributed by atoms with van der Waals surface area (Å²) in [5.41, 5.74) is 5.93. The van der Waals surface area contributed by atoms with Crippen molar-refractivity contribution in [3.05, 3.63) is 0 Å². The Morgan fingerprint density at radius 2 is 2.11 bits per heavy atom. The fourth-order valence-corrected chi connectivity index (χ4v) is 4.87. The molecule has 1 heterocycles. The molecule has 110 valence electrons. The number of fused-ring (bicyclic) bond motifs is 2. The molecule has 3 unspecified atom stereocenters. The number of hydrogen-bond donors (Lipinski definition) is 1. The van der Waals surface area contributed by atoms with Gasteiger partial charge in [0, 0.05) is 18.6 Å². The summed E-state index contributed by atoms with van der Waals surface area (Å²) in [4.78, 5) is 11.3. The minimum absolute atomic E-state index is 0.0287. The van der Waals surface area contributed by atoms with Crippen LogP contribution in [0.3, 0.4) is 0 Å². The molecular weight excluding hydrogens is 268 g/mol. The molecule has 7 heteroatoms. The Morgan fingerprint density at radius 1 is 1.37 bits per heavy atom. The molecule has 2 fully saturated rings. The zero-order chi connectivity index (χ0) is 14.0. The van der Waals surface area contributed by atoms with Crippen LogP contribution in [0.25, 0.3) is 0 Å². The van der Waals surface area contributed by atoms with Crippen LogP contribution in [0.4, 0.5) is 0 Å². The smallest absolute Gasteiger partial charge is 0.306 e. The number of nitrogens with two attached hydrogens (primary N) is 1. The molecule has 1 saturated carbocycles. The van der Waals surface area contributed by atoms with E-state index in [1.165, 1.54) is 0 Å². The maximum Gasteiger partial charge on any atom is 0.306 e. The zero-order valence-corrected chi connectivity index (χ0v) is 12.1. The van der Waals surface area contributed by atoms with Gasteiger partial charge in [0.15, 0.2) is 0 Å². The van der Waals surface area contributed by atoms with Gasteiger partial charge in [0.25, 0.3) is 0 Å². The number of carbonyl (C=O) groups excluding carboxylic acids is 1. The van der Waals surface area contributed by atoms with Gasteiger partial charge in [-0.2, -0.15) is 4.31 Å². The van der Waals surface area contributed by atoms with E-state index >= 15 is 0 Å². The molecule has 0 amide bonds. The average Bonchev–Trinajstić information content (AvgIpc) is 2.63. The normalized spacial score (nSPS) is 31.4. The molecule has 2 rings (SSSR count). The molecule has 1 saturated heterocycles. The molecular formula is C12H22N2O4S. The Bertz CT molecular complexity index is 437. The standard InChI is InChI=1S/C12H22N2O4S/c1-2-18-12(15)3-4-19(16,17)14-8-9-5-10(13)7-11(14)6-9/h9-11H,2-8,13H2,1H3. The fourth-order valence-electron chi connectivity index (χ4n) is 3.14. The van der Waals surface area contributed by atoms with Gasteiger partial charge in [-0.15, -0.1) is 0 Å². The lowest BCUT2D eigenvalue weighted by atomic mass is 9.87. The van der Waals surface area contributed by atoms with Crippen molar-refractivity contribution in [2.45, 2.75) is 44.7 Å². The van der Waals surface area contributed by atoms with Crippen LogP contribution in [0.15, 0.2) is 0 Å². The predicted molar refractivity (Wildman–Crippen MR) is 70.8 cm³/mol. The van der Waals surface area contributed by atoms with Crippen LogP contribution in [-0.2, 0) is 19.6 Å². The van der Waals surface area contributed by atoms with Gasteiger partial charge in [-0.3, -0.25) is 4.79 Å². The van der Waals surface area contributed by atoms with Gasteiger partial charge in [-0.05, 0) is 32.1 Å². The first kappa shape index (κ1) is 14.7. The lowest BCUT2D eigenvalue weighted by Crippen LogP contribution is -2.40. The van der Waals surface area contributed by atoms with Crippen molar-refractivity contribution in [1.29, 1.82) is 0 Å². The third kappa shape index (κ3) is 3.46. The van der Waals surface area contributed by atoms with E-state index in [2.05, 4.69) is 0 Å². The summed E-state index contributed by atoms with van der Waals surface area (Å²) in [5, 5.41) is 0.